The first-order valence-electron chi connectivity index (χ1n) is 6.63. The van der Waals surface area contributed by atoms with Crippen molar-refractivity contribution in [1.29, 1.82) is 0 Å². The average molecular weight is 276 g/mol. The standard InChI is InChI=1S/C13H20N6O/c1-10(2)20-13-11(14)12(17-8-18-13)16-4-3-6-19-7-5-15-9-19/h5,7-10H,3-4,6,14H2,1-2H3,(H,16,17,18). The number of nitrogens with zero attached hydrogens (tertiary/aromatic N) is 4. The predicted octanol–water partition coefficient (Wildman–Crippen LogP) is 1.54. The van der Waals surface area contributed by atoms with Gasteiger partial charge in [0.1, 0.15) is 12.0 Å². The Morgan fingerprint density at radius 3 is 2.95 bits per heavy atom. The van der Waals surface area contributed by atoms with Crippen molar-refractivity contribution in [2.45, 2.75) is 32.9 Å². The molecule has 0 saturated carbocycles. The number of nitrogens with one attached hydrogen (secondary N) is 1. The average Bonchev–Trinajstić information content (AvgIpc) is 2.91. The van der Waals surface area contributed by atoms with Gasteiger partial charge in [-0.05, 0) is 20.3 Å². The van der Waals surface area contributed by atoms with E-state index >= 15 is 0 Å². The van der Waals surface area contributed by atoms with E-state index in [4.69, 9.17) is 10.5 Å². The largest absolute Gasteiger partial charge is 0.473 e. The summed E-state index contributed by atoms with van der Waals surface area (Å²) < 4.78 is 7.55. The highest BCUT2D eigenvalue weighted by molar-refractivity contribution is 5.66. The van der Waals surface area contributed by atoms with E-state index in [0.717, 1.165) is 19.5 Å². The van der Waals surface area contributed by atoms with Gasteiger partial charge in [-0.1, -0.05) is 0 Å². The molecule has 0 saturated heterocycles. The van der Waals surface area contributed by atoms with Crippen molar-refractivity contribution < 1.29 is 4.74 Å². The van der Waals surface area contributed by atoms with Crippen LogP contribution in [0.15, 0.2) is 25.0 Å². The van der Waals surface area contributed by atoms with Crippen molar-refractivity contribution in [3.05, 3.63) is 25.0 Å². The Morgan fingerprint density at radius 2 is 2.25 bits per heavy atom. The molecule has 2 heterocycles. The predicted molar refractivity (Wildman–Crippen MR) is 77.5 cm³/mol. The van der Waals surface area contributed by atoms with Crippen LogP contribution in [-0.2, 0) is 6.54 Å². The Hall–Kier alpha value is -2.31. The van der Waals surface area contributed by atoms with Crippen molar-refractivity contribution in [2.24, 2.45) is 0 Å². The number of nitrogen functional groups attached to an aromatic ring is 1. The second-order valence-electron chi connectivity index (χ2n) is 4.69. The van der Waals surface area contributed by atoms with Gasteiger partial charge in [0.2, 0.25) is 5.88 Å². The normalized spacial score (nSPS) is 10.8. The van der Waals surface area contributed by atoms with Gasteiger partial charge in [-0.3, -0.25) is 0 Å². The van der Waals surface area contributed by atoms with Crippen LogP contribution in [0.25, 0.3) is 0 Å². The molecule has 0 amide bonds. The fraction of sp³-hybridized carbons (Fsp3) is 0.462. The molecule has 0 atom stereocenters. The fourth-order valence-electron chi connectivity index (χ4n) is 1.72. The molecule has 108 valence electrons. The number of imidazole rings is 1. The lowest BCUT2D eigenvalue weighted by atomic mass is 10.4. The summed E-state index contributed by atoms with van der Waals surface area (Å²) in [4.78, 5) is 12.2. The van der Waals surface area contributed by atoms with E-state index in [2.05, 4.69) is 20.3 Å². The molecule has 2 aromatic heterocycles. The highest BCUT2D eigenvalue weighted by Gasteiger charge is 2.10. The van der Waals surface area contributed by atoms with Crippen molar-refractivity contribution in [3.63, 3.8) is 0 Å². The number of hydrogen-bond acceptors (Lipinski definition) is 6. The molecule has 7 nitrogen and oxygen atoms in total. The second-order valence-corrected chi connectivity index (χ2v) is 4.69. The van der Waals surface area contributed by atoms with Gasteiger partial charge in [-0.15, -0.1) is 0 Å². The van der Waals surface area contributed by atoms with Crippen LogP contribution in [0, 0.1) is 0 Å². The molecule has 0 aliphatic rings. The summed E-state index contributed by atoms with van der Waals surface area (Å²) in [5.41, 5.74) is 6.43. The van der Waals surface area contributed by atoms with Crippen LogP contribution in [0.3, 0.4) is 0 Å². The zero-order valence-electron chi connectivity index (χ0n) is 11.8. The molecule has 3 N–H and O–H groups in total. The fourth-order valence-corrected chi connectivity index (χ4v) is 1.72. The van der Waals surface area contributed by atoms with Gasteiger partial charge in [-0.2, -0.15) is 4.98 Å². The minimum Gasteiger partial charge on any atom is -0.473 e. The zero-order valence-corrected chi connectivity index (χ0v) is 11.8. The molecule has 0 spiro atoms. The summed E-state index contributed by atoms with van der Waals surface area (Å²) in [6.45, 7) is 5.52. The van der Waals surface area contributed by atoms with Gasteiger partial charge in [-0.25, -0.2) is 9.97 Å². The molecule has 0 bridgehead atoms. The molecule has 0 aliphatic heterocycles. The van der Waals surface area contributed by atoms with E-state index < -0.39 is 0 Å². The van der Waals surface area contributed by atoms with Crippen LogP contribution in [0.5, 0.6) is 5.88 Å². The van der Waals surface area contributed by atoms with Gasteiger partial charge >= 0.3 is 0 Å². The summed E-state index contributed by atoms with van der Waals surface area (Å²) in [6.07, 6.45) is 7.93. The minimum absolute atomic E-state index is 0.0290. The molecule has 2 aromatic rings. The van der Waals surface area contributed by atoms with Crippen molar-refractivity contribution in [3.8, 4) is 5.88 Å². The third-order valence-electron chi connectivity index (χ3n) is 2.64. The van der Waals surface area contributed by atoms with Crippen LogP contribution in [0.2, 0.25) is 0 Å². The van der Waals surface area contributed by atoms with E-state index in [1.165, 1.54) is 6.33 Å². The van der Waals surface area contributed by atoms with Crippen LogP contribution in [0.4, 0.5) is 11.5 Å². The van der Waals surface area contributed by atoms with Crippen LogP contribution in [-0.4, -0.2) is 32.2 Å². The number of anilines is 2. The number of rotatable bonds is 7. The number of aromatic nitrogens is 4. The van der Waals surface area contributed by atoms with Gasteiger partial charge in [0.15, 0.2) is 5.82 Å². The van der Waals surface area contributed by atoms with E-state index in [9.17, 15) is 0 Å². The number of nitrogens with two attached hydrogens (primary N) is 1. The third-order valence-corrected chi connectivity index (χ3v) is 2.64. The van der Waals surface area contributed by atoms with Gasteiger partial charge in [0, 0.05) is 25.5 Å². The van der Waals surface area contributed by atoms with Crippen molar-refractivity contribution >= 4 is 11.5 Å². The first-order chi connectivity index (χ1) is 9.66. The number of ether oxygens (including phenoxy) is 1. The molecular weight excluding hydrogens is 256 g/mol. The highest BCUT2D eigenvalue weighted by atomic mass is 16.5. The summed E-state index contributed by atoms with van der Waals surface area (Å²) in [7, 11) is 0. The first kappa shape index (κ1) is 14.1. The van der Waals surface area contributed by atoms with Crippen LogP contribution < -0.4 is 15.8 Å². The lowest BCUT2D eigenvalue weighted by molar-refractivity contribution is 0.234. The van der Waals surface area contributed by atoms with E-state index in [-0.39, 0.29) is 6.10 Å². The maximum atomic E-state index is 5.98. The zero-order chi connectivity index (χ0) is 14.4. The quantitative estimate of drug-likeness (QED) is 0.745. The highest BCUT2D eigenvalue weighted by Crippen LogP contribution is 2.25. The van der Waals surface area contributed by atoms with Crippen LogP contribution >= 0.6 is 0 Å². The number of hydrogen-bond donors (Lipinski definition) is 2. The summed E-state index contributed by atoms with van der Waals surface area (Å²) >= 11 is 0. The Labute approximate surface area is 118 Å². The van der Waals surface area contributed by atoms with Gasteiger partial charge < -0.3 is 20.4 Å². The topological polar surface area (TPSA) is 90.9 Å². The molecule has 0 unspecified atom stereocenters. The third kappa shape index (κ3) is 3.84. The van der Waals surface area contributed by atoms with E-state index in [1.807, 2.05) is 24.6 Å². The monoisotopic (exact) mass is 276 g/mol. The van der Waals surface area contributed by atoms with Crippen molar-refractivity contribution in [1.82, 2.24) is 19.5 Å². The second kappa shape index (κ2) is 6.74. The summed E-state index contributed by atoms with van der Waals surface area (Å²) in [6, 6.07) is 0. The minimum atomic E-state index is 0.0290. The van der Waals surface area contributed by atoms with Crippen molar-refractivity contribution in [2.75, 3.05) is 17.6 Å². The Kier molecular flexibility index (Phi) is 4.75. The Balaban J connectivity index is 1.86. The number of aryl methyl sites for hydroxylation is 1. The lowest BCUT2D eigenvalue weighted by Gasteiger charge is -2.13. The Bertz CT molecular complexity index is 526. The smallest absolute Gasteiger partial charge is 0.242 e. The molecule has 2 rings (SSSR count). The SMILES string of the molecule is CC(C)Oc1ncnc(NCCCn2ccnc2)c1N. The molecule has 0 aromatic carbocycles. The molecular formula is C13H20N6O. The summed E-state index contributed by atoms with van der Waals surface area (Å²) in [5, 5.41) is 3.20. The van der Waals surface area contributed by atoms with Crippen LogP contribution in [0.1, 0.15) is 20.3 Å². The molecule has 0 fully saturated rings. The molecule has 20 heavy (non-hydrogen) atoms. The molecule has 7 heteroatoms. The van der Waals surface area contributed by atoms with E-state index in [1.54, 1.807) is 12.5 Å². The first-order valence-corrected chi connectivity index (χ1v) is 6.63. The molecule has 0 radical (unpaired) electrons. The van der Waals surface area contributed by atoms with Gasteiger partial charge in [0.25, 0.3) is 0 Å². The Morgan fingerprint density at radius 1 is 1.40 bits per heavy atom. The maximum absolute atomic E-state index is 5.98. The van der Waals surface area contributed by atoms with Gasteiger partial charge in [0.05, 0.1) is 12.4 Å². The lowest BCUT2D eigenvalue weighted by Crippen LogP contribution is -2.13. The maximum Gasteiger partial charge on any atom is 0.242 e. The summed E-state index contributed by atoms with van der Waals surface area (Å²) in [5.74, 6) is 1.04. The van der Waals surface area contributed by atoms with E-state index in [0.29, 0.717) is 17.4 Å². The molecule has 0 aliphatic carbocycles.